The second kappa shape index (κ2) is 12.1. The zero-order valence-corrected chi connectivity index (χ0v) is 27.1. The predicted octanol–water partition coefficient (Wildman–Crippen LogP) is 4.22. The molecular weight excluding hydrogens is 626 g/mol. The van der Waals surface area contributed by atoms with Gasteiger partial charge in [0.05, 0.1) is 6.20 Å². The molecule has 4 aliphatic heterocycles. The smallest absolute Gasteiger partial charge is 0.252 e. The molecule has 8 atom stereocenters. The Kier molecular flexibility index (Phi) is 7.53. The van der Waals surface area contributed by atoms with Gasteiger partial charge in [-0.3, -0.25) is 19.2 Å². The fourth-order valence-electron chi connectivity index (χ4n) is 8.30. The van der Waals surface area contributed by atoms with Crippen molar-refractivity contribution in [1.29, 1.82) is 0 Å². The lowest BCUT2D eigenvalue weighted by atomic mass is 10.1. The minimum absolute atomic E-state index is 0.0477. The van der Waals surface area contributed by atoms with E-state index in [-0.39, 0.29) is 35.7 Å². The van der Waals surface area contributed by atoms with Crippen molar-refractivity contribution >= 4 is 35.0 Å². The van der Waals surface area contributed by atoms with Crippen molar-refractivity contribution in [2.24, 2.45) is 11.8 Å². The van der Waals surface area contributed by atoms with Crippen LogP contribution in [0.2, 0.25) is 0 Å². The van der Waals surface area contributed by atoms with Gasteiger partial charge in [0.1, 0.15) is 24.3 Å². The molecule has 9 rings (SSSR count). The summed E-state index contributed by atoms with van der Waals surface area (Å²) in [5.74, 6) is 1.38. The molecule has 12 heteroatoms. The van der Waals surface area contributed by atoms with Crippen molar-refractivity contribution in [3.05, 3.63) is 54.7 Å². The Balaban J connectivity index is 0.812. The standard InChI is InChI=1S/C37H39N5O7/c43-33(28-17-22-15-26(22)41(28)36(45)30-3-1-13-47-30)39-24-9-5-20(6-10-24)32-19-38-35(49-32)21-7-11-25(12-8-21)40-34(44)29-18-23-16-27(23)42(29)37(46)31-4-2-14-48-31/h5-12,19,22-23,26-31H,1-4,13-18H2,(H,39,43)(H,40,44)/t22?,23?,26?,27?,28?,29?,30-,31-/m1/s1. The van der Waals surface area contributed by atoms with Crippen LogP contribution in [0.5, 0.6) is 0 Å². The molecule has 2 aromatic carbocycles. The normalized spacial score (nSPS) is 30.9. The Labute approximate surface area is 283 Å². The number of rotatable bonds is 8. The van der Waals surface area contributed by atoms with E-state index >= 15 is 0 Å². The molecule has 254 valence electrons. The predicted molar refractivity (Wildman–Crippen MR) is 177 cm³/mol. The third kappa shape index (κ3) is 5.70. The zero-order valence-electron chi connectivity index (χ0n) is 27.1. The van der Waals surface area contributed by atoms with Gasteiger partial charge in [-0.1, -0.05) is 0 Å². The van der Waals surface area contributed by atoms with Crippen LogP contribution in [0.3, 0.4) is 0 Å². The first-order valence-electron chi connectivity index (χ1n) is 17.6. The van der Waals surface area contributed by atoms with Crippen LogP contribution in [0.4, 0.5) is 11.4 Å². The number of nitrogens with one attached hydrogen (secondary N) is 2. The maximum Gasteiger partial charge on any atom is 0.252 e. The summed E-state index contributed by atoms with van der Waals surface area (Å²) in [4.78, 5) is 60.8. The number of carbonyl (C=O) groups excluding carboxylic acids is 4. The zero-order chi connectivity index (χ0) is 33.2. The molecule has 3 aromatic rings. The number of carbonyl (C=O) groups is 4. The van der Waals surface area contributed by atoms with Crippen molar-refractivity contribution in [2.45, 2.75) is 87.7 Å². The molecule has 1 aromatic heterocycles. The van der Waals surface area contributed by atoms with Crippen LogP contribution in [0.25, 0.3) is 22.8 Å². The Morgan fingerprint density at radius 2 is 1.14 bits per heavy atom. The Bertz CT molecular complexity index is 1650. The van der Waals surface area contributed by atoms with Crippen LogP contribution in [-0.2, 0) is 28.7 Å². The lowest BCUT2D eigenvalue weighted by molar-refractivity contribution is -0.146. The van der Waals surface area contributed by atoms with Crippen LogP contribution in [-0.4, -0.2) is 88.0 Å². The van der Waals surface area contributed by atoms with Crippen LogP contribution < -0.4 is 10.6 Å². The van der Waals surface area contributed by atoms with Gasteiger partial charge in [0.15, 0.2) is 5.76 Å². The summed E-state index contributed by atoms with van der Waals surface area (Å²) in [7, 11) is 0. The van der Waals surface area contributed by atoms with E-state index in [0.29, 0.717) is 60.9 Å². The highest BCUT2D eigenvalue weighted by atomic mass is 16.5. The number of aromatic nitrogens is 1. The maximum atomic E-state index is 13.3. The highest BCUT2D eigenvalue weighted by Gasteiger charge is 2.58. The molecule has 49 heavy (non-hydrogen) atoms. The molecule has 2 saturated carbocycles. The Morgan fingerprint density at radius 3 is 1.61 bits per heavy atom. The summed E-state index contributed by atoms with van der Waals surface area (Å²) >= 11 is 0. The second-order valence-corrected chi connectivity index (χ2v) is 14.3. The van der Waals surface area contributed by atoms with Gasteiger partial charge in [0.25, 0.3) is 11.8 Å². The summed E-state index contributed by atoms with van der Waals surface area (Å²) in [6.45, 7) is 1.20. The molecule has 6 aliphatic rings. The largest absolute Gasteiger partial charge is 0.436 e. The molecule has 6 fully saturated rings. The molecular formula is C37H39N5O7. The summed E-state index contributed by atoms with van der Waals surface area (Å²) in [5, 5.41) is 5.99. The minimum atomic E-state index is -0.474. The molecule has 0 spiro atoms. The van der Waals surface area contributed by atoms with Crippen molar-refractivity contribution in [3.8, 4) is 22.8 Å². The molecule has 2 aliphatic carbocycles. The molecule has 0 radical (unpaired) electrons. The first-order chi connectivity index (χ1) is 23.9. The maximum absolute atomic E-state index is 13.3. The lowest BCUT2D eigenvalue weighted by Crippen LogP contribution is -2.49. The fraction of sp³-hybridized carbons (Fsp3) is 0.486. The van der Waals surface area contributed by atoms with E-state index in [1.807, 2.05) is 36.4 Å². The number of hydrogen-bond donors (Lipinski definition) is 2. The lowest BCUT2D eigenvalue weighted by Gasteiger charge is -2.28. The van der Waals surface area contributed by atoms with E-state index in [1.165, 1.54) is 0 Å². The monoisotopic (exact) mass is 665 g/mol. The quantitative estimate of drug-likeness (QED) is 0.364. The van der Waals surface area contributed by atoms with Gasteiger partial charge in [-0.05, 0) is 112 Å². The van der Waals surface area contributed by atoms with Gasteiger partial charge >= 0.3 is 0 Å². The van der Waals surface area contributed by atoms with Gasteiger partial charge in [-0.25, -0.2) is 4.98 Å². The van der Waals surface area contributed by atoms with Crippen molar-refractivity contribution in [2.75, 3.05) is 23.8 Å². The molecule has 4 amide bonds. The molecule has 4 saturated heterocycles. The van der Waals surface area contributed by atoms with Gasteiger partial charge in [0.2, 0.25) is 17.7 Å². The Hall–Kier alpha value is -4.55. The summed E-state index contributed by atoms with van der Waals surface area (Å²) in [6, 6.07) is 14.0. The first-order valence-corrected chi connectivity index (χ1v) is 17.6. The van der Waals surface area contributed by atoms with E-state index < -0.39 is 24.3 Å². The number of benzene rings is 2. The van der Waals surface area contributed by atoms with Gasteiger partial charge in [-0.15, -0.1) is 0 Å². The molecule has 12 nitrogen and oxygen atoms in total. The topological polar surface area (TPSA) is 143 Å². The number of fused-ring (bicyclic) bond motifs is 2. The van der Waals surface area contributed by atoms with Crippen molar-refractivity contribution in [1.82, 2.24) is 14.8 Å². The third-order valence-corrected chi connectivity index (χ3v) is 11.1. The van der Waals surface area contributed by atoms with Crippen LogP contribution >= 0.6 is 0 Å². The fourth-order valence-corrected chi connectivity index (χ4v) is 8.30. The second-order valence-electron chi connectivity index (χ2n) is 14.3. The average Bonchev–Trinajstić information content (AvgIpc) is 3.62. The number of hydrogen-bond acceptors (Lipinski definition) is 8. The van der Waals surface area contributed by atoms with E-state index in [0.717, 1.165) is 49.7 Å². The molecule has 2 N–H and O–H groups in total. The highest BCUT2D eigenvalue weighted by Crippen LogP contribution is 2.49. The number of anilines is 2. The van der Waals surface area contributed by atoms with Gasteiger partial charge in [-0.2, -0.15) is 0 Å². The van der Waals surface area contributed by atoms with Crippen molar-refractivity contribution in [3.63, 3.8) is 0 Å². The summed E-state index contributed by atoms with van der Waals surface area (Å²) in [6.07, 6.45) is 7.32. The van der Waals surface area contributed by atoms with E-state index in [1.54, 1.807) is 28.1 Å². The number of piperidine rings is 2. The third-order valence-electron chi connectivity index (χ3n) is 11.1. The molecule has 0 bridgehead atoms. The summed E-state index contributed by atoms with van der Waals surface area (Å²) < 4.78 is 17.3. The summed E-state index contributed by atoms with van der Waals surface area (Å²) in [5.41, 5.74) is 2.83. The van der Waals surface area contributed by atoms with E-state index in [9.17, 15) is 19.2 Å². The van der Waals surface area contributed by atoms with Crippen molar-refractivity contribution < 1.29 is 33.1 Å². The minimum Gasteiger partial charge on any atom is -0.436 e. The number of oxazole rings is 1. The SMILES string of the molecule is O=C(Nc1ccc(-c2cnc(-c3ccc(NC(=O)C4CC5CC5N4C(=O)[C@H]4CCCO4)cc3)o2)cc1)C1CC2CC2N1C(=O)[C@H]1CCCO1. The first kappa shape index (κ1) is 30.5. The molecule has 6 unspecified atom stereocenters. The molecule has 5 heterocycles. The average molecular weight is 666 g/mol. The number of amides is 4. The number of likely N-dealkylation sites (tertiary alicyclic amines) is 2. The van der Waals surface area contributed by atoms with Crippen LogP contribution in [0.1, 0.15) is 51.4 Å². The van der Waals surface area contributed by atoms with Crippen LogP contribution in [0.15, 0.2) is 59.1 Å². The number of ether oxygens (including phenoxy) is 2. The highest BCUT2D eigenvalue weighted by molar-refractivity contribution is 5.99. The van der Waals surface area contributed by atoms with Gasteiger partial charge < -0.3 is 34.3 Å². The van der Waals surface area contributed by atoms with Gasteiger partial charge in [0, 0.05) is 47.8 Å². The number of nitrogens with zero attached hydrogens (tertiary/aromatic N) is 3. The van der Waals surface area contributed by atoms with E-state index in [4.69, 9.17) is 13.9 Å². The van der Waals surface area contributed by atoms with Crippen LogP contribution in [0, 0.1) is 11.8 Å². The Morgan fingerprint density at radius 1 is 0.653 bits per heavy atom. The van der Waals surface area contributed by atoms with E-state index in [2.05, 4.69) is 15.6 Å².